The van der Waals surface area contributed by atoms with Crippen LogP contribution in [0, 0.1) is 12.3 Å². The second kappa shape index (κ2) is 4.03. The fraction of sp³-hybridized carbons (Fsp3) is 0.333. The Labute approximate surface area is 97.4 Å². The molecule has 1 aromatic carbocycles. The van der Waals surface area contributed by atoms with Gasteiger partial charge in [0.25, 0.3) is 0 Å². The highest BCUT2D eigenvalue weighted by Crippen LogP contribution is 2.40. The highest BCUT2D eigenvalue weighted by atomic mass is 35.5. The van der Waals surface area contributed by atoms with E-state index in [9.17, 15) is 13.2 Å². The molecule has 1 rings (SSSR count). The van der Waals surface area contributed by atoms with Crippen LogP contribution in [0.25, 0.3) is 0 Å². The predicted molar refractivity (Wildman–Crippen MR) is 58.3 cm³/mol. The average Bonchev–Trinajstić information content (AvgIpc) is 2.15. The third-order valence-electron chi connectivity index (χ3n) is 2.30. The average molecular weight is 247 g/mol. The summed E-state index contributed by atoms with van der Waals surface area (Å²) in [6.45, 7) is 3.06. The van der Waals surface area contributed by atoms with E-state index in [1.54, 1.807) is 0 Å². The van der Waals surface area contributed by atoms with Crippen LogP contribution in [0.5, 0.6) is 0 Å². The van der Waals surface area contributed by atoms with Gasteiger partial charge < -0.3 is 0 Å². The van der Waals surface area contributed by atoms with Crippen molar-refractivity contribution < 1.29 is 13.2 Å². The van der Waals surface area contributed by atoms with Crippen LogP contribution in [0.1, 0.15) is 25.0 Å². The SMILES string of the molecule is C#CC(C)(C)c1c(Cl)cccc1C(F)(F)F. The van der Waals surface area contributed by atoms with Gasteiger partial charge in [-0.3, -0.25) is 0 Å². The molecule has 0 saturated carbocycles. The number of alkyl halides is 3. The molecule has 0 nitrogen and oxygen atoms in total. The number of rotatable bonds is 1. The molecule has 0 spiro atoms. The first-order chi connectivity index (χ1) is 7.20. The van der Waals surface area contributed by atoms with E-state index in [2.05, 4.69) is 5.92 Å². The van der Waals surface area contributed by atoms with E-state index < -0.39 is 17.2 Å². The standard InChI is InChI=1S/C12H10ClF3/c1-4-11(2,3)10-8(12(14,15)16)6-5-7-9(10)13/h1,5-7H,2-3H3. The van der Waals surface area contributed by atoms with Crippen LogP contribution in [0.4, 0.5) is 13.2 Å². The van der Waals surface area contributed by atoms with Crippen LogP contribution in [0.2, 0.25) is 5.02 Å². The molecule has 0 atom stereocenters. The van der Waals surface area contributed by atoms with Crippen molar-refractivity contribution in [3.05, 3.63) is 34.3 Å². The van der Waals surface area contributed by atoms with Gasteiger partial charge in [0.1, 0.15) is 0 Å². The third-order valence-corrected chi connectivity index (χ3v) is 2.62. The lowest BCUT2D eigenvalue weighted by molar-refractivity contribution is -0.138. The van der Waals surface area contributed by atoms with Gasteiger partial charge in [-0.25, -0.2) is 0 Å². The fourth-order valence-corrected chi connectivity index (χ4v) is 1.88. The molecule has 86 valence electrons. The molecule has 0 N–H and O–H groups in total. The van der Waals surface area contributed by atoms with Gasteiger partial charge in [0.05, 0.1) is 11.0 Å². The number of hydrogen-bond donors (Lipinski definition) is 0. The van der Waals surface area contributed by atoms with E-state index in [0.717, 1.165) is 6.07 Å². The van der Waals surface area contributed by atoms with Crippen LogP contribution < -0.4 is 0 Å². The molecule has 0 aliphatic heterocycles. The van der Waals surface area contributed by atoms with Gasteiger partial charge in [-0.1, -0.05) is 23.6 Å². The maximum Gasteiger partial charge on any atom is 0.416 e. The first kappa shape index (κ1) is 12.9. The minimum Gasteiger partial charge on any atom is -0.166 e. The minimum atomic E-state index is -4.45. The topological polar surface area (TPSA) is 0 Å². The molecular formula is C12H10ClF3. The number of hydrogen-bond acceptors (Lipinski definition) is 0. The van der Waals surface area contributed by atoms with Crippen LogP contribution in [0.15, 0.2) is 18.2 Å². The zero-order valence-electron chi connectivity index (χ0n) is 8.82. The number of terminal acetylenes is 1. The van der Waals surface area contributed by atoms with Gasteiger partial charge in [-0.05, 0) is 26.0 Å². The monoisotopic (exact) mass is 246 g/mol. The Balaban J connectivity index is 3.56. The quantitative estimate of drug-likeness (QED) is 0.649. The van der Waals surface area contributed by atoms with Crippen LogP contribution >= 0.6 is 11.6 Å². The Bertz CT molecular complexity index is 439. The van der Waals surface area contributed by atoms with E-state index in [-0.39, 0.29) is 10.6 Å². The molecule has 0 unspecified atom stereocenters. The summed E-state index contributed by atoms with van der Waals surface area (Å²) in [4.78, 5) is 0. The second-order valence-corrected chi connectivity index (χ2v) is 4.34. The first-order valence-corrected chi connectivity index (χ1v) is 4.92. The summed E-state index contributed by atoms with van der Waals surface area (Å²) in [7, 11) is 0. The zero-order chi connectivity index (χ0) is 12.6. The maximum absolute atomic E-state index is 12.8. The summed E-state index contributed by atoms with van der Waals surface area (Å²) in [5, 5.41) is 0.0396. The van der Waals surface area contributed by atoms with E-state index in [1.165, 1.54) is 26.0 Å². The zero-order valence-corrected chi connectivity index (χ0v) is 9.58. The van der Waals surface area contributed by atoms with Crippen LogP contribution in [-0.2, 0) is 11.6 Å². The molecule has 0 aliphatic rings. The Morgan fingerprint density at radius 3 is 2.25 bits per heavy atom. The summed E-state index contributed by atoms with van der Waals surface area (Å²) in [5.41, 5.74) is -1.88. The van der Waals surface area contributed by atoms with E-state index in [0.29, 0.717) is 0 Å². The molecule has 0 aromatic heterocycles. The van der Waals surface area contributed by atoms with Crippen molar-refractivity contribution in [3.63, 3.8) is 0 Å². The fourth-order valence-electron chi connectivity index (χ4n) is 1.47. The lowest BCUT2D eigenvalue weighted by atomic mass is 9.82. The molecule has 0 heterocycles. The number of halogens is 4. The van der Waals surface area contributed by atoms with Gasteiger partial charge in [0.2, 0.25) is 0 Å². The van der Waals surface area contributed by atoms with Crippen molar-refractivity contribution in [1.29, 1.82) is 0 Å². The Hall–Kier alpha value is -1.14. The normalized spacial score (nSPS) is 12.3. The lowest BCUT2D eigenvalue weighted by Crippen LogP contribution is -2.21. The molecule has 0 bridgehead atoms. The van der Waals surface area contributed by atoms with E-state index in [4.69, 9.17) is 18.0 Å². The molecule has 0 radical (unpaired) electrons. The third kappa shape index (κ3) is 2.33. The summed E-state index contributed by atoms with van der Waals surface area (Å²) >= 11 is 5.80. The van der Waals surface area contributed by atoms with Gasteiger partial charge in [-0.2, -0.15) is 13.2 Å². The smallest absolute Gasteiger partial charge is 0.166 e. The van der Waals surface area contributed by atoms with Gasteiger partial charge in [-0.15, -0.1) is 6.42 Å². The maximum atomic E-state index is 12.8. The Morgan fingerprint density at radius 2 is 1.81 bits per heavy atom. The molecule has 1 aromatic rings. The van der Waals surface area contributed by atoms with Crippen molar-refractivity contribution in [2.45, 2.75) is 25.4 Å². The molecule has 0 aliphatic carbocycles. The highest BCUT2D eigenvalue weighted by Gasteiger charge is 2.38. The largest absolute Gasteiger partial charge is 0.416 e. The summed E-state index contributed by atoms with van der Waals surface area (Å²) in [5.74, 6) is 2.33. The predicted octanol–water partition coefficient (Wildman–Crippen LogP) is 4.27. The van der Waals surface area contributed by atoms with Crippen molar-refractivity contribution in [3.8, 4) is 12.3 Å². The Morgan fingerprint density at radius 1 is 1.25 bits per heavy atom. The van der Waals surface area contributed by atoms with Crippen molar-refractivity contribution in [2.75, 3.05) is 0 Å². The van der Waals surface area contributed by atoms with Crippen molar-refractivity contribution >= 4 is 11.6 Å². The molecule has 0 amide bonds. The molecule has 0 saturated heterocycles. The van der Waals surface area contributed by atoms with Crippen molar-refractivity contribution in [2.24, 2.45) is 0 Å². The molecule has 4 heteroatoms. The van der Waals surface area contributed by atoms with Crippen LogP contribution in [0.3, 0.4) is 0 Å². The number of benzene rings is 1. The second-order valence-electron chi connectivity index (χ2n) is 3.93. The first-order valence-electron chi connectivity index (χ1n) is 4.54. The Kier molecular flexibility index (Phi) is 3.25. The highest BCUT2D eigenvalue weighted by molar-refractivity contribution is 6.31. The minimum absolute atomic E-state index is 0.0396. The molecule has 16 heavy (non-hydrogen) atoms. The van der Waals surface area contributed by atoms with Gasteiger partial charge in [0, 0.05) is 10.6 Å². The van der Waals surface area contributed by atoms with Crippen LogP contribution in [-0.4, -0.2) is 0 Å². The molecule has 0 fully saturated rings. The van der Waals surface area contributed by atoms with Crippen molar-refractivity contribution in [1.82, 2.24) is 0 Å². The molecular weight excluding hydrogens is 237 g/mol. The lowest BCUT2D eigenvalue weighted by Gasteiger charge is -2.24. The van der Waals surface area contributed by atoms with E-state index in [1.807, 2.05) is 0 Å². The van der Waals surface area contributed by atoms with E-state index >= 15 is 0 Å². The van der Waals surface area contributed by atoms with Gasteiger partial charge >= 0.3 is 6.18 Å². The summed E-state index contributed by atoms with van der Waals surface area (Å²) < 4.78 is 38.3. The van der Waals surface area contributed by atoms with Gasteiger partial charge in [0.15, 0.2) is 0 Å². The summed E-state index contributed by atoms with van der Waals surface area (Å²) in [6, 6.07) is 3.66. The summed E-state index contributed by atoms with van der Waals surface area (Å²) in [6.07, 6.45) is 0.793.